The van der Waals surface area contributed by atoms with Crippen LogP contribution in [-0.2, 0) is 53.3 Å². The van der Waals surface area contributed by atoms with Gasteiger partial charge in [0, 0.05) is 149 Å². The van der Waals surface area contributed by atoms with Crippen LogP contribution in [0.25, 0.3) is 0 Å². The number of nitrogens with one attached hydrogen (secondary N) is 6. The first-order valence-corrected chi connectivity index (χ1v) is 31.8. The topological polar surface area (TPSA) is 220 Å². The molecule has 90 heavy (non-hydrogen) atoms. The first kappa shape index (κ1) is 64.2. The summed E-state index contributed by atoms with van der Waals surface area (Å²) in [6.07, 6.45) is 18.8. The van der Waals surface area contributed by atoms with E-state index < -0.39 is 0 Å². The fourth-order valence-electron chi connectivity index (χ4n) is 12.5. The minimum atomic E-state index is -0.0127. The number of carbonyl (C=O) groups excluding carboxylic acids is 3. The third kappa shape index (κ3) is 17.1. The van der Waals surface area contributed by atoms with Crippen molar-refractivity contribution in [1.29, 1.82) is 0 Å². The maximum atomic E-state index is 12.0. The number of likely N-dealkylation sites (N-methyl/N-ethyl adjacent to an activating group) is 3. The third-order valence-electron chi connectivity index (χ3n) is 17.7. The molecule has 21 nitrogen and oxygen atoms in total. The fourth-order valence-corrected chi connectivity index (χ4v) is 12.5. The molecule has 21 heteroatoms. The van der Waals surface area contributed by atoms with Crippen molar-refractivity contribution in [2.24, 2.45) is 0 Å². The highest BCUT2D eigenvalue weighted by Crippen LogP contribution is 2.29. The third-order valence-corrected chi connectivity index (χ3v) is 17.7. The number of carbonyl (C=O) groups is 3. The Bertz CT molecular complexity index is 3400. The van der Waals surface area contributed by atoms with Gasteiger partial charge in [-0.15, -0.1) is 0 Å². The van der Waals surface area contributed by atoms with Crippen molar-refractivity contribution in [3.05, 3.63) is 161 Å². The molecule has 3 saturated heterocycles. The predicted octanol–water partition coefficient (Wildman–Crippen LogP) is 9.32. The lowest BCUT2D eigenvalue weighted by Gasteiger charge is -2.33. The number of amides is 3. The van der Waals surface area contributed by atoms with Crippen LogP contribution in [-0.4, -0.2) is 175 Å². The van der Waals surface area contributed by atoms with Crippen LogP contribution in [0.3, 0.4) is 0 Å². The lowest BCUT2D eigenvalue weighted by atomic mass is 9.99. The molecule has 0 radical (unpaired) electrons. The van der Waals surface area contributed by atoms with E-state index in [-0.39, 0.29) is 35.8 Å². The smallest absolute Gasteiger partial charge is 0.246 e. The summed E-state index contributed by atoms with van der Waals surface area (Å²) in [5.41, 5.74) is 14.3. The van der Waals surface area contributed by atoms with E-state index in [1.807, 2.05) is 54.1 Å². The molecule has 6 N–H and O–H groups in total. The van der Waals surface area contributed by atoms with Crippen molar-refractivity contribution in [2.45, 2.75) is 116 Å². The zero-order valence-electron chi connectivity index (χ0n) is 53.5. The molecule has 3 unspecified atom stereocenters. The first-order valence-electron chi connectivity index (χ1n) is 31.8. The molecule has 0 saturated carbocycles. The zero-order valence-corrected chi connectivity index (χ0v) is 53.5. The van der Waals surface area contributed by atoms with Gasteiger partial charge in [-0.1, -0.05) is 37.9 Å². The summed E-state index contributed by atoms with van der Waals surface area (Å²) in [6.45, 7) is 27.4. The van der Waals surface area contributed by atoms with Crippen molar-refractivity contribution in [3.8, 4) is 0 Å². The number of aryl methyl sites for hydroxylation is 3. The summed E-state index contributed by atoms with van der Waals surface area (Å²) in [6, 6.07) is 20.0. The number of nitrogens with zero attached hydrogens (tertiary/aromatic N) is 12. The Morgan fingerprint density at radius 1 is 0.433 bits per heavy atom. The minimum Gasteiger partial charge on any atom is -0.365 e. The number of piperidine rings is 3. The van der Waals surface area contributed by atoms with Gasteiger partial charge in [-0.2, -0.15) is 15.0 Å². The number of benzene rings is 3. The molecule has 3 atom stereocenters. The van der Waals surface area contributed by atoms with E-state index in [2.05, 4.69) is 157 Å². The highest BCUT2D eigenvalue weighted by Gasteiger charge is 2.27. The molecule has 474 valence electrons. The Morgan fingerprint density at radius 3 is 1.09 bits per heavy atom. The second kappa shape index (κ2) is 30.1. The Kier molecular flexibility index (Phi) is 21.5. The van der Waals surface area contributed by atoms with Crippen LogP contribution in [0, 0.1) is 20.8 Å². The highest BCUT2D eigenvalue weighted by atomic mass is 16.2. The van der Waals surface area contributed by atoms with E-state index in [4.69, 9.17) is 15.0 Å². The van der Waals surface area contributed by atoms with E-state index in [9.17, 15) is 14.4 Å². The first-order chi connectivity index (χ1) is 43.5. The Morgan fingerprint density at radius 2 is 0.744 bits per heavy atom. The predicted molar refractivity (Wildman–Crippen MR) is 360 cm³/mol. The molecule has 12 rings (SSSR count). The SMILES string of the molecule is C=CC(=O)N1CCCC(Nc2nc(Nc3ccc4c(c3)CCN(C)C4)ncc2C)C1.C=CC(=O)N1CCCC(Nc2nc(Nc3ccc4c(c3)CCN(C)C4)ncc2C)C1.C=CC(=O)N1CCCC(Nc2nc(Nc3ccc4c(c3)CN(C)CC4)ncc2C)C1. The average Bonchev–Trinajstić information content (AvgIpc) is 2.14. The Balaban J connectivity index is 0.000000148. The van der Waals surface area contributed by atoms with Crippen LogP contribution in [0.5, 0.6) is 0 Å². The molecule has 3 aromatic carbocycles. The van der Waals surface area contributed by atoms with Gasteiger partial charge in [0.1, 0.15) is 17.5 Å². The van der Waals surface area contributed by atoms with E-state index in [1.54, 1.807) is 0 Å². The van der Waals surface area contributed by atoms with E-state index >= 15 is 0 Å². The number of aromatic nitrogens is 6. The monoisotopic (exact) mass is 1220 g/mol. The second-order valence-corrected chi connectivity index (χ2v) is 24.9. The maximum Gasteiger partial charge on any atom is 0.246 e. The van der Waals surface area contributed by atoms with Crippen LogP contribution in [0.2, 0.25) is 0 Å². The zero-order chi connectivity index (χ0) is 63.3. The number of rotatable bonds is 15. The van der Waals surface area contributed by atoms with Gasteiger partial charge in [0.15, 0.2) is 0 Å². The van der Waals surface area contributed by atoms with Crippen molar-refractivity contribution in [2.75, 3.05) is 112 Å². The highest BCUT2D eigenvalue weighted by molar-refractivity contribution is 5.88. The summed E-state index contributed by atoms with van der Waals surface area (Å²) in [4.78, 5) is 75.9. The molecule has 0 spiro atoms. The molecule has 6 aromatic rings. The van der Waals surface area contributed by atoms with Crippen LogP contribution < -0.4 is 31.9 Å². The molecule has 0 aliphatic carbocycles. The maximum absolute atomic E-state index is 12.0. The van der Waals surface area contributed by atoms with Gasteiger partial charge in [-0.25, -0.2) is 15.0 Å². The van der Waals surface area contributed by atoms with Crippen LogP contribution in [0.4, 0.5) is 52.4 Å². The van der Waals surface area contributed by atoms with Gasteiger partial charge in [0.25, 0.3) is 0 Å². The lowest BCUT2D eigenvalue weighted by Crippen LogP contribution is -2.44. The molecule has 3 fully saturated rings. The molecule has 9 heterocycles. The molecular weight excluding hydrogens is 1130 g/mol. The molecular formula is C69H90N18O3. The van der Waals surface area contributed by atoms with Crippen LogP contribution >= 0.6 is 0 Å². The summed E-state index contributed by atoms with van der Waals surface area (Å²) >= 11 is 0. The summed E-state index contributed by atoms with van der Waals surface area (Å²) in [5.74, 6) is 4.11. The fraction of sp³-hybridized carbons (Fsp3) is 0.435. The number of fused-ring (bicyclic) bond motifs is 3. The van der Waals surface area contributed by atoms with E-state index in [1.165, 1.54) is 51.6 Å². The van der Waals surface area contributed by atoms with Gasteiger partial charge < -0.3 is 61.3 Å². The molecule has 0 bridgehead atoms. The lowest BCUT2D eigenvalue weighted by molar-refractivity contribution is -0.127. The summed E-state index contributed by atoms with van der Waals surface area (Å²) in [5, 5.41) is 20.6. The summed E-state index contributed by atoms with van der Waals surface area (Å²) in [7, 11) is 6.46. The second-order valence-electron chi connectivity index (χ2n) is 24.9. The van der Waals surface area contributed by atoms with Gasteiger partial charge in [0.05, 0.1) is 0 Å². The van der Waals surface area contributed by atoms with Crippen LogP contribution in [0.1, 0.15) is 88.6 Å². The van der Waals surface area contributed by atoms with Crippen LogP contribution in [0.15, 0.2) is 111 Å². The number of hydrogen-bond acceptors (Lipinski definition) is 18. The minimum absolute atomic E-state index is 0.0122. The summed E-state index contributed by atoms with van der Waals surface area (Å²) < 4.78 is 0. The van der Waals surface area contributed by atoms with Crippen molar-refractivity contribution >= 4 is 70.1 Å². The standard InChI is InChI=1S/3C23H30N6O/c2*1-4-21(30)29-10-5-6-20(15-29)25-22-16(2)13-24-23(27-22)26-19-8-7-18-14-28(3)11-9-17(18)12-19;1-4-21(30)29-10-5-6-20(15-29)25-22-16(2)13-24-23(27-22)26-19-8-7-17-9-11-28(3)14-18(17)12-19/h3*4,7-8,12-13,20H,1,5-6,9-11,14-15H2,2-3H3,(H2,24,25,26,27). The number of likely N-dealkylation sites (tertiary alicyclic amines) is 3. The average molecular weight is 1220 g/mol. The van der Waals surface area contributed by atoms with Gasteiger partial charge in [-0.05, 0) is 188 Å². The molecule has 3 aromatic heterocycles. The number of anilines is 9. The Labute approximate surface area is 531 Å². The largest absolute Gasteiger partial charge is 0.365 e. The molecule has 6 aliphatic heterocycles. The van der Waals surface area contributed by atoms with Crippen molar-refractivity contribution < 1.29 is 14.4 Å². The van der Waals surface area contributed by atoms with Gasteiger partial charge in [0.2, 0.25) is 35.6 Å². The van der Waals surface area contributed by atoms with E-state index in [0.29, 0.717) is 37.5 Å². The van der Waals surface area contributed by atoms with Gasteiger partial charge in [-0.3, -0.25) is 14.4 Å². The Hall–Kier alpha value is -8.79. The quantitative estimate of drug-likeness (QED) is 0.0528. The molecule has 6 aliphatic rings. The van der Waals surface area contributed by atoms with Crippen molar-refractivity contribution in [1.82, 2.24) is 59.3 Å². The normalized spacial score (nSPS) is 19.1. The van der Waals surface area contributed by atoms with E-state index in [0.717, 1.165) is 168 Å². The molecule has 3 amide bonds. The van der Waals surface area contributed by atoms with Crippen molar-refractivity contribution in [3.63, 3.8) is 0 Å². The number of hydrogen-bond donors (Lipinski definition) is 6. The van der Waals surface area contributed by atoms with Gasteiger partial charge >= 0.3 is 0 Å².